The van der Waals surface area contributed by atoms with Crippen molar-refractivity contribution in [1.29, 1.82) is 0 Å². The second-order valence-corrected chi connectivity index (χ2v) is 5.43. The second kappa shape index (κ2) is 7.69. The lowest BCUT2D eigenvalue weighted by Crippen LogP contribution is -2.47. The molecule has 0 aliphatic carbocycles. The Kier molecular flexibility index (Phi) is 5.65. The second-order valence-electron chi connectivity index (χ2n) is 5.02. The Morgan fingerprint density at radius 3 is 2.43 bits per heavy atom. The third-order valence-corrected chi connectivity index (χ3v) is 3.80. The fourth-order valence-corrected chi connectivity index (χ4v) is 2.14. The molecule has 0 radical (unpaired) electrons. The van der Waals surface area contributed by atoms with Gasteiger partial charge in [-0.2, -0.15) is 0 Å². The molecule has 0 fully saturated rings. The van der Waals surface area contributed by atoms with E-state index in [2.05, 4.69) is 16.2 Å². The van der Waals surface area contributed by atoms with Gasteiger partial charge in [-0.25, -0.2) is 4.39 Å². The van der Waals surface area contributed by atoms with Crippen LogP contribution >= 0.6 is 12.2 Å². The maximum Gasteiger partial charge on any atom is 0.245 e. The van der Waals surface area contributed by atoms with Crippen molar-refractivity contribution in [2.45, 2.75) is 12.8 Å². The van der Waals surface area contributed by atoms with Crippen LogP contribution in [0.5, 0.6) is 0 Å². The third kappa shape index (κ3) is 4.26. The van der Waals surface area contributed by atoms with Gasteiger partial charge in [-0.1, -0.05) is 42.5 Å². The summed E-state index contributed by atoms with van der Waals surface area (Å²) in [5.41, 5.74) is 6.95. The van der Waals surface area contributed by atoms with E-state index in [0.29, 0.717) is 16.2 Å². The largest absolute Gasteiger partial charge is 0.364 e. The topological polar surface area (TPSA) is 53.2 Å². The molecule has 1 atom stereocenters. The zero-order valence-electron chi connectivity index (χ0n) is 12.9. The predicted molar refractivity (Wildman–Crippen MR) is 93.2 cm³/mol. The van der Waals surface area contributed by atoms with Crippen LogP contribution < -0.4 is 16.2 Å². The average Bonchev–Trinajstić information content (AvgIpc) is 2.59. The van der Waals surface area contributed by atoms with Gasteiger partial charge in [-0.15, -0.1) is 0 Å². The molecule has 0 aliphatic heterocycles. The molecule has 4 nitrogen and oxygen atoms in total. The summed E-state index contributed by atoms with van der Waals surface area (Å²) in [5.74, 6) is -1.16. The first kappa shape index (κ1) is 16.9. The third-order valence-electron chi connectivity index (χ3n) is 3.50. The van der Waals surface area contributed by atoms with Crippen LogP contribution in [0.1, 0.15) is 18.4 Å². The first-order valence-corrected chi connectivity index (χ1v) is 7.56. The van der Waals surface area contributed by atoms with Gasteiger partial charge in [0.25, 0.3) is 0 Å². The Morgan fingerprint density at radius 2 is 1.83 bits per heavy atom. The van der Waals surface area contributed by atoms with E-state index in [-0.39, 0.29) is 11.7 Å². The van der Waals surface area contributed by atoms with E-state index in [1.165, 1.54) is 6.07 Å². The smallest absolute Gasteiger partial charge is 0.245 e. The Hall–Kier alpha value is -2.47. The maximum absolute atomic E-state index is 14.4. The predicted octanol–water partition coefficient (Wildman–Crippen LogP) is 2.72. The lowest BCUT2D eigenvalue weighted by Gasteiger charge is -2.15. The molecule has 0 aromatic heterocycles. The van der Waals surface area contributed by atoms with Crippen LogP contribution in [-0.4, -0.2) is 18.1 Å². The van der Waals surface area contributed by atoms with Gasteiger partial charge in [0.05, 0.1) is 5.92 Å². The Morgan fingerprint density at radius 1 is 1.13 bits per heavy atom. The van der Waals surface area contributed by atoms with E-state index in [9.17, 15) is 9.18 Å². The molecule has 1 unspecified atom stereocenters. The van der Waals surface area contributed by atoms with Crippen LogP contribution in [-0.2, 0) is 4.79 Å². The zero-order chi connectivity index (χ0) is 16.8. The van der Waals surface area contributed by atoms with E-state index >= 15 is 0 Å². The van der Waals surface area contributed by atoms with Crippen LogP contribution in [0.3, 0.4) is 0 Å². The van der Waals surface area contributed by atoms with E-state index in [0.717, 1.165) is 5.56 Å². The maximum atomic E-state index is 14.4. The van der Waals surface area contributed by atoms with Gasteiger partial charge in [0.2, 0.25) is 5.91 Å². The van der Waals surface area contributed by atoms with Gasteiger partial charge < -0.3 is 5.32 Å². The molecule has 3 N–H and O–H groups in total. The molecule has 2 rings (SSSR count). The summed E-state index contributed by atoms with van der Waals surface area (Å²) in [6, 6.07) is 14.1. The van der Waals surface area contributed by atoms with Crippen LogP contribution in [0.25, 0.3) is 11.1 Å². The van der Waals surface area contributed by atoms with Gasteiger partial charge in [0, 0.05) is 12.6 Å². The van der Waals surface area contributed by atoms with Crippen molar-refractivity contribution in [2.75, 3.05) is 7.05 Å². The minimum Gasteiger partial charge on any atom is -0.364 e. The summed E-state index contributed by atoms with van der Waals surface area (Å²) in [5, 5.41) is 2.98. The molecule has 0 bridgehead atoms. The Balaban J connectivity index is 2.13. The van der Waals surface area contributed by atoms with Crippen molar-refractivity contribution in [2.24, 2.45) is 0 Å². The Labute approximate surface area is 140 Å². The normalized spacial score (nSPS) is 11.4. The summed E-state index contributed by atoms with van der Waals surface area (Å²) in [7, 11) is 1.64. The van der Waals surface area contributed by atoms with Crippen molar-refractivity contribution in [3.8, 4) is 11.1 Å². The first-order chi connectivity index (χ1) is 11.0. The fourth-order valence-electron chi connectivity index (χ4n) is 2.09. The van der Waals surface area contributed by atoms with Crippen molar-refractivity contribution in [1.82, 2.24) is 16.2 Å². The number of halogens is 1. The molecular formula is C17H18FN3OS. The first-order valence-electron chi connectivity index (χ1n) is 7.15. The molecule has 23 heavy (non-hydrogen) atoms. The van der Waals surface area contributed by atoms with Crippen molar-refractivity contribution in [3.05, 3.63) is 59.9 Å². The standard InChI is InChI=1S/C17H18FN3OS/c1-11(16(22)20-21-17(23)19-2)13-8-9-14(15(18)10-13)12-6-4-3-5-7-12/h3-11H,1-2H3,(H,20,22)(H2,19,21,23). The minimum absolute atomic E-state index is 0.297. The molecular weight excluding hydrogens is 313 g/mol. The highest BCUT2D eigenvalue weighted by atomic mass is 32.1. The number of thiocarbonyl (C=S) groups is 1. The number of benzene rings is 2. The number of carbonyl (C=O) groups is 1. The summed E-state index contributed by atoms with van der Waals surface area (Å²) >= 11 is 4.87. The van der Waals surface area contributed by atoms with Crippen molar-refractivity contribution in [3.63, 3.8) is 0 Å². The van der Waals surface area contributed by atoms with Crippen molar-refractivity contribution >= 4 is 23.2 Å². The average molecular weight is 331 g/mol. The SMILES string of the molecule is CNC(=S)NNC(=O)C(C)c1ccc(-c2ccccc2)c(F)c1. The molecule has 0 saturated carbocycles. The van der Waals surface area contributed by atoms with E-state index in [1.807, 2.05) is 30.3 Å². The summed E-state index contributed by atoms with van der Waals surface area (Å²) in [4.78, 5) is 12.0. The summed E-state index contributed by atoms with van der Waals surface area (Å²) < 4.78 is 14.4. The molecule has 120 valence electrons. The molecule has 0 spiro atoms. The summed E-state index contributed by atoms with van der Waals surface area (Å²) in [6.45, 7) is 1.70. The van der Waals surface area contributed by atoms with E-state index < -0.39 is 5.92 Å². The molecule has 2 aromatic carbocycles. The van der Waals surface area contributed by atoms with Crippen LogP contribution in [0.4, 0.5) is 4.39 Å². The number of hydrazine groups is 1. The van der Waals surface area contributed by atoms with Gasteiger partial charge >= 0.3 is 0 Å². The highest BCUT2D eigenvalue weighted by Crippen LogP contribution is 2.26. The van der Waals surface area contributed by atoms with Crippen LogP contribution in [0.15, 0.2) is 48.5 Å². The minimum atomic E-state index is -0.513. The lowest BCUT2D eigenvalue weighted by molar-refractivity contribution is -0.122. The van der Waals surface area contributed by atoms with Crippen LogP contribution in [0.2, 0.25) is 0 Å². The number of nitrogens with one attached hydrogen (secondary N) is 3. The monoisotopic (exact) mass is 331 g/mol. The molecule has 0 saturated heterocycles. The van der Waals surface area contributed by atoms with Gasteiger partial charge in [-0.3, -0.25) is 15.6 Å². The molecule has 1 amide bonds. The quantitative estimate of drug-likeness (QED) is 0.598. The number of rotatable bonds is 3. The number of carbonyl (C=O) groups excluding carboxylic acids is 1. The molecule has 6 heteroatoms. The number of amides is 1. The Bertz CT molecular complexity index is 706. The summed E-state index contributed by atoms with van der Waals surface area (Å²) in [6.07, 6.45) is 0. The van der Waals surface area contributed by atoms with Gasteiger partial charge in [0.1, 0.15) is 5.82 Å². The molecule has 0 aliphatic rings. The number of hydrogen-bond donors (Lipinski definition) is 3. The molecule has 2 aromatic rings. The van der Waals surface area contributed by atoms with Crippen LogP contribution in [0, 0.1) is 5.82 Å². The lowest BCUT2D eigenvalue weighted by atomic mass is 9.96. The van der Waals surface area contributed by atoms with E-state index in [1.54, 1.807) is 26.1 Å². The van der Waals surface area contributed by atoms with Crippen molar-refractivity contribution < 1.29 is 9.18 Å². The fraction of sp³-hybridized carbons (Fsp3) is 0.176. The zero-order valence-corrected chi connectivity index (χ0v) is 13.7. The van der Waals surface area contributed by atoms with Gasteiger partial charge in [-0.05, 0) is 36.3 Å². The number of hydrogen-bond acceptors (Lipinski definition) is 2. The highest BCUT2D eigenvalue weighted by molar-refractivity contribution is 7.80. The van der Waals surface area contributed by atoms with E-state index in [4.69, 9.17) is 12.2 Å². The molecule has 0 heterocycles. The highest BCUT2D eigenvalue weighted by Gasteiger charge is 2.17. The van der Waals surface area contributed by atoms with Gasteiger partial charge in [0.15, 0.2) is 5.11 Å².